The Kier molecular flexibility index (Phi) is 10.9. The average molecular weight is 583 g/mol. The van der Waals surface area contributed by atoms with Crippen molar-refractivity contribution in [1.29, 1.82) is 0 Å². The van der Waals surface area contributed by atoms with E-state index in [1.807, 2.05) is 19.1 Å². The number of rotatable bonds is 12. The maximum absolute atomic E-state index is 13.6. The third kappa shape index (κ3) is 8.10. The van der Waals surface area contributed by atoms with Crippen molar-refractivity contribution >= 4 is 50.7 Å². The van der Waals surface area contributed by atoms with Crippen LogP contribution in [0.2, 0.25) is 10.0 Å². The van der Waals surface area contributed by atoms with Crippen LogP contribution in [0.4, 0.5) is 5.69 Å². The standard InChI is InChI=1S/C28H37Cl2N3O4S/c1-4-25(28(35)31-23-9-5-6-10-23)32(19-21-14-16-22(29)17-15-21)27(34)13-8-18-33(38(3,36)37)26-12-7-11-24(30)20(26)2/h7,11-12,14-17,23,25H,4-6,8-10,13,18-19H2,1-3H3,(H,31,35)/t25-/m0/s1. The van der Waals surface area contributed by atoms with Crippen LogP contribution in [-0.2, 0) is 26.2 Å². The second-order valence-electron chi connectivity index (χ2n) is 9.88. The van der Waals surface area contributed by atoms with Crippen LogP contribution in [0, 0.1) is 6.92 Å². The van der Waals surface area contributed by atoms with E-state index >= 15 is 0 Å². The summed E-state index contributed by atoms with van der Waals surface area (Å²) in [6, 6.07) is 11.9. The van der Waals surface area contributed by atoms with Gasteiger partial charge in [-0.3, -0.25) is 13.9 Å². The van der Waals surface area contributed by atoms with Crippen molar-refractivity contribution < 1.29 is 18.0 Å². The Morgan fingerprint density at radius 2 is 1.74 bits per heavy atom. The molecule has 1 saturated carbocycles. The number of anilines is 1. The molecule has 0 radical (unpaired) electrons. The van der Waals surface area contributed by atoms with Crippen molar-refractivity contribution in [3.05, 3.63) is 63.6 Å². The van der Waals surface area contributed by atoms with E-state index in [2.05, 4.69) is 5.32 Å². The first-order valence-electron chi connectivity index (χ1n) is 13.1. The molecule has 1 fully saturated rings. The smallest absolute Gasteiger partial charge is 0.243 e. The highest BCUT2D eigenvalue weighted by atomic mass is 35.5. The minimum Gasteiger partial charge on any atom is -0.352 e. The first-order chi connectivity index (χ1) is 18.0. The molecule has 1 aliphatic carbocycles. The molecule has 0 aliphatic heterocycles. The summed E-state index contributed by atoms with van der Waals surface area (Å²) in [6.45, 7) is 4.04. The van der Waals surface area contributed by atoms with E-state index in [0.717, 1.165) is 37.5 Å². The molecule has 0 aromatic heterocycles. The van der Waals surface area contributed by atoms with Gasteiger partial charge in [0.15, 0.2) is 0 Å². The molecular formula is C28H37Cl2N3O4S. The van der Waals surface area contributed by atoms with Gasteiger partial charge in [0.05, 0.1) is 11.9 Å². The normalized spacial score (nSPS) is 14.8. The van der Waals surface area contributed by atoms with Crippen LogP contribution in [0.5, 0.6) is 0 Å². The Bertz CT molecular complexity index is 1220. The lowest BCUT2D eigenvalue weighted by molar-refractivity contribution is -0.141. The Labute approximate surface area is 236 Å². The van der Waals surface area contributed by atoms with Gasteiger partial charge in [-0.15, -0.1) is 0 Å². The van der Waals surface area contributed by atoms with E-state index in [4.69, 9.17) is 23.2 Å². The van der Waals surface area contributed by atoms with E-state index in [0.29, 0.717) is 27.7 Å². The summed E-state index contributed by atoms with van der Waals surface area (Å²) in [6.07, 6.45) is 6.09. The molecule has 2 amide bonds. The Morgan fingerprint density at radius 1 is 1.08 bits per heavy atom. The van der Waals surface area contributed by atoms with Gasteiger partial charge >= 0.3 is 0 Å². The fraction of sp³-hybridized carbons (Fsp3) is 0.500. The highest BCUT2D eigenvalue weighted by Gasteiger charge is 2.31. The molecular weight excluding hydrogens is 545 g/mol. The monoisotopic (exact) mass is 581 g/mol. The number of benzene rings is 2. The molecule has 1 atom stereocenters. The minimum atomic E-state index is -3.60. The zero-order valence-corrected chi connectivity index (χ0v) is 24.6. The van der Waals surface area contributed by atoms with Crippen molar-refractivity contribution in [2.75, 3.05) is 17.1 Å². The summed E-state index contributed by atoms with van der Waals surface area (Å²) < 4.78 is 26.5. The van der Waals surface area contributed by atoms with Crippen molar-refractivity contribution in [2.24, 2.45) is 0 Å². The van der Waals surface area contributed by atoms with Gasteiger partial charge in [0.25, 0.3) is 0 Å². The van der Waals surface area contributed by atoms with E-state index in [1.54, 1.807) is 42.2 Å². The van der Waals surface area contributed by atoms with Gasteiger partial charge in [-0.1, -0.05) is 61.2 Å². The van der Waals surface area contributed by atoms with E-state index in [9.17, 15) is 18.0 Å². The summed E-state index contributed by atoms with van der Waals surface area (Å²) in [4.78, 5) is 28.5. The molecule has 2 aromatic carbocycles. The fourth-order valence-electron chi connectivity index (χ4n) is 4.92. The van der Waals surface area contributed by atoms with Crippen LogP contribution in [0.15, 0.2) is 42.5 Å². The predicted octanol–water partition coefficient (Wildman–Crippen LogP) is 5.71. The van der Waals surface area contributed by atoms with Crippen molar-refractivity contribution in [3.8, 4) is 0 Å². The van der Waals surface area contributed by atoms with Crippen LogP contribution < -0.4 is 9.62 Å². The lowest BCUT2D eigenvalue weighted by atomic mass is 10.1. The third-order valence-electron chi connectivity index (χ3n) is 7.01. The number of hydrogen-bond acceptors (Lipinski definition) is 4. The van der Waals surface area contributed by atoms with Gasteiger partial charge in [0.1, 0.15) is 6.04 Å². The molecule has 208 valence electrons. The number of nitrogens with one attached hydrogen (secondary N) is 1. The lowest BCUT2D eigenvalue weighted by Gasteiger charge is -2.32. The van der Waals surface area contributed by atoms with Crippen LogP contribution in [0.1, 0.15) is 63.0 Å². The lowest BCUT2D eigenvalue weighted by Crippen LogP contribution is -2.51. The van der Waals surface area contributed by atoms with Crippen LogP contribution >= 0.6 is 23.2 Å². The highest BCUT2D eigenvalue weighted by molar-refractivity contribution is 7.92. The summed E-state index contributed by atoms with van der Waals surface area (Å²) in [5.41, 5.74) is 2.01. The molecule has 10 heteroatoms. The molecule has 0 saturated heterocycles. The summed E-state index contributed by atoms with van der Waals surface area (Å²) in [5, 5.41) is 4.20. The maximum atomic E-state index is 13.6. The van der Waals surface area contributed by atoms with Gasteiger partial charge in [-0.25, -0.2) is 8.42 Å². The van der Waals surface area contributed by atoms with Gasteiger partial charge in [0, 0.05) is 35.6 Å². The minimum absolute atomic E-state index is 0.0897. The van der Waals surface area contributed by atoms with Crippen molar-refractivity contribution in [2.45, 2.75) is 77.4 Å². The summed E-state index contributed by atoms with van der Waals surface area (Å²) >= 11 is 12.3. The quantitative estimate of drug-likeness (QED) is 0.347. The second kappa shape index (κ2) is 13.7. The zero-order valence-electron chi connectivity index (χ0n) is 22.3. The van der Waals surface area contributed by atoms with Gasteiger partial charge < -0.3 is 10.2 Å². The second-order valence-corrected chi connectivity index (χ2v) is 12.6. The predicted molar refractivity (Wildman–Crippen MR) is 154 cm³/mol. The Morgan fingerprint density at radius 3 is 2.34 bits per heavy atom. The Balaban J connectivity index is 1.77. The maximum Gasteiger partial charge on any atom is 0.243 e. The first kappa shape index (κ1) is 30.3. The van der Waals surface area contributed by atoms with Gasteiger partial charge in [-0.05, 0) is 68.0 Å². The first-order valence-corrected chi connectivity index (χ1v) is 15.7. The van der Waals surface area contributed by atoms with E-state index in [1.165, 1.54) is 4.31 Å². The molecule has 0 bridgehead atoms. The zero-order chi connectivity index (χ0) is 27.9. The summed E-state index contributed by atoms with van der Waals surface area (Å²) in [7, 11) is -3.60. The molecule has 38 heavy (non-hydrogen) atoms. The largest absolute Gasteiger partial charge is 0.352 e. The van der Waals surface area contributed by atoms with Crippen molar-refractivity contribution in [3.63, 3.8) is 0 Å². The molecule has 2 aromatic rings. The highest BCUT2D eigenvalue weighted by Crippen LogP contribution is 2.29. The number of halogens is 2. The average Bonchev–Trinajstić information content (AvgIpc) is 3.37. The molecule has 0 heterocycles. The molecule has 0 unspecified atom stereocenters. The van der Waals surface area contributed by atoms with E-state index in [-0.39, 0.29) is 43.8 Å². The van der Waals surface area contributed by atoms with Gasteiger partial charge in [-0.2, -0.15) is 0 Å². The molecule has 3 rings (SSSR count). The molecule has 7 nitrogen and oxygen atoms in total. The fourth-order valence-corrected chi connectivity index (χ4v) is 6.23. The molecule has 0 spiro atoms. The number of amides is 2. The van der Waals surface area contributed by atoms with E-state index < -0.39 is 16.1 Å². The topological polar surface area (TPSA) is 86.8 Å². The molecule has 1 aliphatic rings. The molecule has 1 N–H and O–H groups in total. The SMILES string of the molecule is CC[C@@H](C(=O)NC1CCCC1)N(Cc1ccc(Cl)cc1)C(=O)CCCN(c1cccc(Cl)c1C)S(C)(=O)=O. The summed E-state index contributed by atoms with van der Waals surface area (Å²) in [5.74, 6) is -0.348. The van der Waals surface area contributed by atoms with Crippen molar-refractivity contribution in [1.82, 2.24) is 10.2 Å². The van der Waals surface area contributed by atoms with Crippen LogP contribution in [0.3, 0.4) is 0 Å². The number of nitrogens with zero attached hydrogens (tertiary/aromatic N) is 2. The number of hydrogen-bond donors (Lipinski definition) is 1. The third-order valence-corrected chi connectivity index (χ3v) is 8.85. The van der Waals surface area contributed by atoms with Crippen LogP contribution in [-0.4, -0.2) is 50.0 Å². The van der Waals surface area contributed by atoms with Gasteiger partial charge in [0.2, 0.25) is 21.8 Å². The number of sulfonamides is 1. The number of carbonyl (C=O) groups is 2. The Hall–Kier alpha value is -2.29. The van der Waals surface area contributed by atoms with Crippen LogP contribution in [0.25, 0.3) is 0 Å². The number of carbonyl (C=O) groups excluding carboxylic acids is 2.